The topological polar surface area (TPSA) is 44.9 Å². The monoisotopic (exact) mass is 392 g/mol. The predicted octanol–water partition coefficient (Wildman–Crippen LogP) is 4.65. The van der Waals surface area contributed by atoms with Crippen LogP contribution in [-0.2, 0) is 22.5 Å². The van der Waals surface area contributed by atoms with Crippen molar-refractivity contribution in [2.45, 2.75) is 58.3 Å². The third-order valence-corrected chi connectivity index (χ3v) is 6.60. The Bertz CT molecular complexity index is 810. The number of carbonyl (C=O) groups excluding carboxylic acids is 1. The third kappa shape index (κ3) is 5.06. The standard InChI is InChI=1S/C25H32N2O2/c1-19-24(29-19)25(13-12-21-6-4-3-5-7-21)14-16-27(17-15-25)18-22-8-10-23(11-9-22)26-20(2)28/h3-11,19,24H,12-18H2,1-2H3,(H,26,28). The molecule has 29 heavy (non-hydrogen) atoms. The van der Waals surface area contributed by atoms with Gasteiger partial charge in [0.15, 0.2) is 0 Å². The normalized spacial score (nSPS) is 23.5. The van der Waals surface area contributed by atoms with E-state index in [2.05, 4.69) is 59.6 Å². The van der Waals surface area contributed by atoms with E-state index in [0.717, 1.165) is 31.7 Å². The van der Waals surface area contributed by atoms with Gasteiger partial charge in [-0.1, -0.05) is 42.5 Å². The van der Waals surface area contributed by atoms with Gasteiger partial charge >= 0.3 is 0 Å². The Morgan fingerprint density at radius 2 is 1.72 bits per heavy atom. The summed E-state index contributed by atoms with van der Waals surface area (Å²) in [6, 6.07) is 19.1. The fourth-order valence-electron chi connectivity index (χ4n) is 4.85. The van der Waals surface area contributed by atoms with Crippen LogP contribution in [0.2, 0.25) is 0 Å². The zero-order valence-electron chi connectivity index (χ0n) is 17.6. The molecule has 2 fully saturated rings. The lowest BCUT2D eigenvalue weighted by atomic mass is 9.70. The van der Waals surface area contributed by atoms with Crippen LogP contribution >= 0.6 is 0 Å². The molecule has 0 aliphatic carbocycles. The minimum atomic E-state index is -0.0304. The van der Waals surface area contributed by atoms with E-state index in [1.54, 1.807) is 0 Å². The van der Waals surface area contributed by atoms with Crippen molar-refractivity contribution in [3.63, 3.8) is 0 Å². The van der Waals surface area contributed by atoms with Gasteiger partial charge in [0.2, 0.25) is 5.91 Å². The number of nitrogens with one attached hydrogen (secondary N) is 1. The zero-order valence-corrected chi connectivity index (χ0v) is 17.6. The maximum Gasteiger partial charge on any atom is 0.221 e. The quantitative estimate of drug-likeness (QED) is 0.698. The van der Waals surface area contributed by atoms with E-state index in [-0.39, 0.29) is 5.91 Å². The Balaban J connectivity index is 1.34. The van der Waals surface area contributed by atoms with Gasteiger partial charge in [0.05, 0.1) is 12.2 Å². The Kier molecular flexibility index (Phi) is 6.02. The summed E-state index contributed by atoms with van der Waals surface area (Å²) in [5, 5.41) is 2.83. The number of nitrogens with zero attached hydrogens (tertiary/aromatic N) is 1. The number of benzene rings is 2. The van der Waals surface area contributed by atoms with E-state index in [9.17, 15) is 4.79 Å². The second kappa shape index (κ2) is 8.68. The summed E-state index contributed by atoms with van der Waals surface area (Å²) in [6.45, 7) is 6.97. The van der Waals surface area contributed by atoms with E-state index in [4.69, 9.17) is 4.74 Å². The first-order valence-corrected chi connectivity index (χ1v) is 10.8. The van der Waals surface area contributed by atoms with Crippen molar-refractivity contribution >= 4 is 11.6 Å². The second-order valence-electron chi connectivity index (χ2n) is 8.76. The first-order chi connectivity index (χ1) is 14.0. The van der Waals surface area contributed by atoms with Gasteiger partial charge in [0, 0.05) is 24.6 Å². The molecule has 1 amide bonds. The molecular weight excluding hydrogens is 360 g/mol. The molecule has 0 saturated carbocycles. The molecule has 2 aliphatic rings. The molecule has 2 aliphatic heterocycles. The van der Waals surface area contributed by atoms with Gasteiger partial charge < -0.3 is 10.1 Å². The van der Waals surface area contributed by atoms with Gasteiger partial charge in [-0.3, -0.25) is 9.69 Å². The highest BCUT2D eigenvalue weighted by molar-refractivity contribution is 5.88. The predicted molar refractivity (Wildman–Crippen MR) is 117 cm³/mol. The van der Waals surface area contributed by atoms with Gasteiger partial charge in [-0.2, -0.15) is 0 Å². The summed E-state index contributed by atoms with van der Waals surface area (Å²) in [5.41, 5.74) is 3.91. The van der Waals surface area contributed by atoms with Gasteiger partial charge in [0.1, 0.15) is 0 Å². The summed E-state index contributed by atoms with van der Waals surface area (Å²) in [5.74, 6) is -0.0304. The SMILES string of the molecule is CC(=O)Nc1ccc(CN2CCC(CCc3ccccc3)(C3OC3C)CC2)cc1. The number of rotatable bonds is 7. The second-order valence-corrected chi connectivity index (χ2v) is 8.76. The summed E-state index contributed by atoms with van der Waals surface area (Å²) in [4.78, 5) is 13.7. The minimum absolute atomic E-state index is 0.0304. The van der Waals surface area contributed by atoms with Crippen LogP contribution in [0.3, 0.4) is 0 Å². The van der Waals surface area contributed by atoms with Crippen LogP contribution in [0.1, 0.15) is 44.2 Å². The van der Waals surface area contributed by atoms with E-state index in [1.165, 1.54) is 37.3 Å². The van der Waals surface area contributed by atoms with Gasteiger partial charge in [-0.15, -0.1) is 0 Å². The average molecular weight is 393 g/mol. The molecule has 2 aromatic rings. The Morgan fingerprint density at radius 1 is 1.07 bits per heavy atom. The van der Waals surface area contributed by atoms with Gasteiger partial charge in [-0.05, 0) is 69.0 Å². The summed E-state index contributed by atoms with van der Waals surface area (Å²) >= 11 is 0. The number of anilines is 1. The smallest absolute Gasteiger partial charge is 0.221 e. The number of piperidine rings is 1. The Labute approximate surface area is 174 Å². The van der Waals surface area contributed by atoms with Crippen molar-refractivity contribution in [2.75, 3.05) is 18.4 Å². The number of likely N-dealkylation sites (tertiary alicyclic amines) is 1. The number of ether oxygens (including phenoxy) is 1. The van der Waals surface area contributed by atoms with Crippen LogP contribution in [0, 0.1) is 5.41 Å². The number of hydrogen-bond acceptors (Lipinski definition) is 3. The summed E-state index contributed by atoms with van der Waals surface area (Å²) < 4.78 is 5.99. The summed E-state index contributed by atoms with van der Waals surface area (Å²) in [7, 11) is 0. The van der Waals surface area contributed by atoms with Crippen LogP contribution in [-0.4, -0.2) is 36.1 Å². The van der Waals surface area contributed by atoms with Crippen molar-refractivity contribution in [3.8, 4) is 0 Å². The Morgan fingerprint density at radius 3 is 2.31 bits per heavy atom. The van der Waals surface area contributed by atoms with E-state index >= 15 is 0 Å². The average Bonchev–Trinajstić information content (AvgIpc) is 3.47. The van der Waals surface area contributed by atoms with Crippen LogP contribution in [0.15, 0.2) is 54.6 Å². The van der Waals surface area contributed by atoms with Crippen LogP contribution in [0.5, 0.6) is 0 Å². The van der Waals surface area contributed by atoms with Crippen LogP contribution < -0.4 is 5.32 Å². The highest BCUT2D eigenvalue weighted by Crippen LogP contribution is 2.49. The Hall–Kier alpha value is -2.17. The molecule has 2 saturated heterocycles. The lowest BCUT2D eigenvalue weighted by Crippen LogP contribution is -2.43. The molecule has 0 aromatic heterocycles. The van der Waals surface area contributed by atoms with Gasteiger partial charge in [0.25, 0.3) is 0 Å². The largest absolute Gasteiger partial charge is 0.369 e. The van der Waals surface area contributed by atoms with Gasteiger partial charge in [-0.25, -0.2) is 0 Å². The van der Waals surface area contributed by atoms with E-state index in [1.807, 2.05) is 12.1 Å². The molecule has 1 N–H and O–H groups in total. The zero-order chi connectivity index (χ0) is 20.3. The molecule has 4 nitrogen and oxygen atoms in total. The fourth-order valence-corrected chi connectivity index (χ4v) is 4.85. The molecule has 4 heteroatoms. The number of hydrogen-bond donors (Lipinski definition) is 1. The number of amides is 1. The highest BCUT2D eigenvalue weighted by Gasteiger charge is 2.52. The molecule has 2 aromatic carbocycles. The maximum atomic E-state index is 11.2. The number of aryl methyl sites for hydroxylation is 1. The number of carbonyl (C=O) groups is 1. The summed E-state index contributed by atoms with van der Waals surface area (Å²) in [6.07, 6.45) is 5.62. The van der Waals surface area contributed by atoms with Crippen molar-refractivity contribution < 1.29 is 9.53 Å². The molecule has 4 rings (SSSR count). The lowest BCUT2D eigenvalue weighted by molar-refractivity contribution is -0.114. The first-order valence-electron chi connectivity index (χ1n) is 10.8. The molecular formula is C25H32N2O2. The third-order valence-electron chi connectivity index (χ3n) is 6.60. The molecule has 0 spiro atoms. The lowest BCUT2D eigenvalue weighted by Gasteiger charge is -2.41. The maximum absolute atomic E-state index is 11.2. The van der Waals surface area contributed by atoms with E-state index < -0.39 is 0 Å². The minimum Gasteiger partial charge on any atom is -0.369 e. The molecule has 0 radical (unpaired) electrons. The number of epoxide rings is 1. The molecule has 2 heterocycles. The van der Waals surface area contributed by atoms with Crippen LogP contribution in [0.4, 0.5) is 5.69 Å². The van der Waals surface area contributed by atoms with Crippen molar-refractivity contribution in [1.82, 2.24) is 4.90 Å². The van der Waals surface area contributed by atoms with Crippen molar-refractivity contribution in [3.05, 3.63) is 65.7 Å². The molecule has 2 atom stereocenters. The molecule has 2 unspecified atom stereocenters. The molecule has 0 bridgehead atoms. The first kappa shape index (κ1) is 20.1. The highest BCUT2D eigenvalue weighted by atomic mass is 16.6. The van der Waals surface area contributed by atoms with E-state index in [0.29, 0.717) is 17.6 Å². The van der Waals surface area contributed by atoms with Crippen molar-refractivity contribution in [1.29, 1.82) is 0 Å². The fraction of sp³-hybridized carbons (Fsp3) is 0.480. The van der Waals surface area contributed by atoms with Crippen LogP contribution in [0.25, 0.3) is 0 Å². The molecule has 154 valence electrons. The van der Waals surface area contributed by atoms with Crippen molar-refractivity contribution in [2.24, 2.45) is 5.41 Å².